The molecule has 0 aliphatic heterocycles. The second-order valence-electron chi connectivity index (χ2n) is 3.06. The summed E-state index contributed by atoms with van der Waals surface area (Å²) in [6, 6.07) is 4.75. The highest BCUT2D eigenvalue weighted by Crippen LogP contribution is 2.35. The summed E-state index contributed by atoms with van der Waals surface area (Å²) in [7, 11) is 0. The molecule has 0 aliphatic rings. The van der Waals surface area contributed by atoms with Crippen LogP contribution in [0, 0.1) is 0 Å². The number of benzene rings is 1. The molecule has 2 rings (SSSR count). The van der Waals surface area contributed by atoms with Gasteiger partial charge in [0.25, 0.3) is 11.0 Å². The lowest BCUT2D eigenvalue weighted by Crippen LogP contribution is -2.06. The molecule has 0 amide bonds. The Hall–Kier alpha value is -0.860. The smallest absolute Gasteiger partial charge is 0.428 e. The van der Waals surface area contributed by atoms with Gasteiger partial charge in [-0.05, 0) is 18.2 Å². The van der Waals surface area contributed by atoms with Gasteiger partial charge in [-0.1, -0.05) is 27.5 Å². The predicted octanol–water partition coefficient (Wildman–Crippen LogP) is 4.77. The van der Waals surface area contributed by atoms with Crippen LogP contribution in [0.5, 0.6) is 10.9 Å². The van der Waals surface area contributed by atoms with Gasteiger partial charge in [0.1, 0.15) is 5.75 Å². The topological polar surface area (TPSA) is 35.0 Å². The van der Waals surface area contributed by atoms with E-state index in [-0.39, 0.29) is 16.0 Å². The maximum atomic E-state index is 12.3. The lowest BCUT2D eigenvalue weighted by Gasteiger charge is -2.04. The molecule has 0 atom stereocenters. The normalized spacial score (nSPS) is 11.6. The van der Waals surface area contributed by atoms with Crippen molar-refractivity contribution in [1.29, 1.82) is 0 Å². The van der Waals surface area contributed by atoms with Gasteiger partial charge in [0.15, 0.2) is 0 Å². The Kier molecular flexibility index (Phi) is 3.79. The minimum atomic E-state index is -4.58. The maximum absolute atomic E-state index is 12.3. The monoisotopic (exact) mass is 358 g/mol. The molecule has 1 aromatic heterocycles. The van der Waals surface area contributed by atoms with Crippen molar-refractivity contribution in [2.75, 3.05) is 0 Å². The van der Waals surface area contributed by atoms with E-state index >= 15 is 0 Å². The maximum Gasteiger partial charge on any atom is 0.452 e. The number of ether oxygens (including phenoxy) is 1. The number of alkyl halides is 3. The van der Waals surface area contributed by atoms with Gasteiger partial charge in [-0.25, -0.2) is 0 Å². The van der Waals surface area contributed by atoms with Gasteiger partial charge in [0.05, 0.1) is 5.02 Å². The van der Waals surface area contributed by atoms with Crippen molar-refractivity contribution in [3.05, 3.63) is 33.5 Å². The third kappa shape index (κ3) is 3.12. The van der Waals surface area contributed by atoms with E-state index in [1.165, 1.54) is 6.07 Å². The minimum absolute atomic E-state index is 0.205. The Morgan fingerprint density at radius 2 is 2.06 bits per heavy atom. The molecule has 2 aromatic rings. The second kappa shape index (κ2) is 5.02. The van der Waals surface area contributed by atoms with E-state index in [0.717, 1.165) is 0 Å². The molecule has 0 aliphatic carbocycles. The van der Waals surface area contributed by atoms with Gasteiger partial charge in [-0.15, -0.1) is 0 Å². The SMILES string of the molecule is FC(F)(F)c1nsc(Oc2cc(Br)ccc2Cl)n1. The number of aromatic nitrogens is 2. The number of hydrogen-bond acceptors (Lipinski definition) is 4. The highest BCUT2D eigenvalue weighted by Gasteiger charge is 2.36. The minimum Gasteiger partial charge on any atom is -0.428 e. The summed E-state index contributed by atoms with van der Waals surface area (Å²) < 4.78 is 45.8. The summed E-state index contributed by atoms with van der Waals surface area (Å²) in [5, 5.41) is 0.0456. The summed E-state index contributed by atoms with van der Waals surface area (Å²) in [5.41, 5.74) is 0. The Balaban J connectivity index is 2.24. The molecule has 0 fully saturated rings. The Bertz CT molecular complexity index is 575. The average molecular weight is 360 g/mol. The quantitative estimate of drug-likeness (QED) is 0.775. The molecule has 0 bridgehead atoms. The van der Waals surface area contributed by atoms with E-state index in [1.807, 2.05) is 0 Å². The first-order valence-corrected chi connectivity index (χ1v) is 6.34. The molecule has 1 heterocycles. The molecule has 9 heteroatoms. The number of rotatable bonds is 2. The Morgan fingerprint density at radius 1 is 1.33 bits per heavy atom. The summed E-state index contributed by atoms with van der Waals surface area (Å²) in [5.74, 6) is -1.02. The Labute approximate surface area is 117 Å². The fourth-order valence-corrected chi connectivity index (χ4v) is 2.08. The van der Waals surface area contributed by atoms with Crippen molar-refractivity contribution in [3.63, 3.8) is 0 Å². The van der Waals surface area contributed by atoms with Crippen molar-refractivity contribution in [2.45, 2.75) is 6.18 Å². The van der Waals surface area contributed by atoms with Gasteiger partial charge < -0.3 is 4.74 Å². The zero-order chi connectivity index (χ0) is 13.3. The molecule has 0 saturated carbocycles. The first kappa shape index (κ1) is 13.6. The van der Waals surface area contributed by atoms with Crippen LogP contribution >= 0.6 is 39.1 Å². The van der Waals surface area contributed by atoms with Crippen LogP contribution in [0.15, 0.2) is 22.7 Å². The van der Waals surface area contributed by atoms with Gasteiger partial charge in [-0.2, -0.15) is 22.5 Å². The number of halogens is 5. The van der Waals surface area contributed by atoms with E-state index in [4.69, 9.17) is 16.3 Å². The van der Waals surface area contributed by atoms with Crippen LogP contribution in [-0.2, 0) is 6.18 Å². The fourth-order valence-electron chi connectivity index (χ4n) is 1.02. The molecule has 0 radical (unpaired) electrons. The summed E-state index contributed by atoms with van der Waals surface area (Å²) >= 11 is 9.54. The molecule has 1 aromatic carbocycles. The van der Waals surface area contributed by atoms with Gasteiger partial charge in [0, 0.05) is 16.0 Å². The average Bonchev–Trinajstić information content (AvgIpc) is 2.71. The van der Waals surface area contributed by atoms with Crippen LogP contribution in [0.2, 0.25) is 5.02 Å². The van der Waals surface area contributed by atoms with Crippen LogP contribution in [-0.4, -0.2) is 9.36 Å². The molecule has 18 heavy (non-hydrogen) atoms. The number of nitrogens with zero attached hydrogens (tertiary/aromatic N) is 2. The van der Waals surface area contributed by atoms with E-state index < -0.39 is 12.0 Å². The van der Waals surface area contributed by atoms with Crippen molar-refractivity contribution in [3.8, 4) is 10.9 Å². The molecular formula is C9H3BrClF3N2OS. The highest BCUT2D eigenvalue weighted by atomic mass is 79.9. The molecule has 0 saturated heterocycles. The summed E-state index contributed by atoms with van der Waals surface area (Å²) in [4.78, 5) is 3.23. The molecule has 96 valence electrons. The first-order chi connectivity index (χ1) is 8.36. The fraction of sp³-hybridized carbons (Fsp3) is 0.111. The first-order valence-electron chi connectivity index (χ1n) is 4.40. The third-order valence-corrected chi connectivity index (χ3v) is 3.15. The van der Waals surface area contributed by atoms with Crippen LogP contribution in [0.25, 0.3) is 0 Å². The molecule has 0 spiro atoms. The second-order valence-corrected chi connectivity index (χ2v) is 5.10. The Morgan fingerprint density at radius 3 is 2.67 bits per heavy atom. The van der Waals surface area contributed by atoms with Gasteiger partial charge in [0.2, 0.25) is 0 Å². The largest absolute Gasteiger partial charge is 0.452 e. The molecule has 0 unspecified atom stereocenters. The van der Waals surface area contributed by atoms with E-state index in [2.05, 4.69) is 25.3 Å². The van der Waals surface area contributed by atoms with Gasteiger partial charge >= 0.3 is 6.18 Å². The lowest BCUT2D eigenvalue weighted by atomic mass is 10.3. The van der Waals surface area contributed by atoms with Crippen LogP contribution in [0.1, 0.15) is 5.82 Å². The number of hydrogen-bond donors (Lipinski definition) is 0. The highest BCUT2D eigenvalue weighted by molar-refractivity contribution is 9.10. The van der Waals surface area contributed by atoms with Crippen LogP contribution in [0.4, 0.5) is 13.2 Å². The van der Waals surface area contributed by atoms with Gasteiger partial charge in [-0.3, -0.25) is 0 Å². The zero-order valence-electron chi connectivity index (χ0n) is 8.33. The molecule has 0 N–H and O–H groups in total. The van der Waals surface area contributed by atoms with Crippen LogP contribution in [0.3, 0.4) is 0 Å². The van der Waals surface area contributed by atoms with E-state index in [0.29, 0.717) is 16.0 Å². The lowest BCUT2D eigenvalue weighted by molar-refractivity contribution is -0.144. The predicted molar refractivity (Wildman–Crippen MR) is 64.1 cm³/mol. The molecule has 3 nitrogen and oxygen atoms in total. The van der Waals surface area contributed by atoms with E-state index in [9.17, 15) is 13.2 Å². The van der Waals surface area contributed by atoms with Crippen molar-refractivity contribution in [2.24, 2.45) is 0 Å². The summed E-state index contributed by atoms with van der Waals surface area (Å²) in [6.45, 7) is 0. The van der Waals surface area contributed by atoms with Crippen LogP contribution < -0.4 is 4.74 Å². The zero-order valence-corrected chi connectivity index (χ0v) is 11.5. The van der Waals surface area contributed by atoms with Crippen molar-refractivity contribution in [1.82, 2.24) is 9.36 Å². The molecular weight excluding hydrogens is 357 g/mol. The summed E-state index contributed by atoms with van der Waals surface area (Å²) in [6.07, 6.45) is -4.58. The van der Waals surface area contributed by atoms with Crippen molar-refractivity contribution < 1.29 is 17.9 Å². The standard InChI is InChI=1S/C9H3BrClF3N2OS/c10-4-1-2-5(11)6(3-4)17-8-15-7(16-18-8)9(12,13)14/h1-3H. The van der Waals surface area contributed by atoms with Crippen molar-refractivity contribution >= 4 is 39.1 Å². The van der Waals surface area contributed by atoms with E-state index in [1.54, 1.807) is 12.1 Å². The third-order valence-electron chi connectivity index (χ3n) is 1.75.